The fourth-order valence-corrected chi connectivity index (χ4v) is 1.82. The Morgan fingerprint density at radius 2 is 1.82 bits per heavy atom. The van der Waals surface area contributed by atoms with Gasteiger partial charge in [-0.3, -0.25) is 9.78 Å². The van der Waals surface area contributed by atoms with Crippen LogP contribution >= 0.6 is 0 Å². The van der Waals surface area contributed by atoms with Gasteiger partial charge in [-0.25, -0.2) is 9.48 Å². The number of hydrogen-bond donors (Lipinski definition) is 1. The van der Waals surface area contributed by atoms with E-state index in [1.807, 2.05) is 13.8 Å². The number of ether oxygens (including phenoxy) is 1. The predicted molar refractivity (Wildman–Crippen MR) is 80.4 cm³/mol. The van der Waals surface area contributed by atoms with Crippen molar-refractivity contribution in [2.75, 3.05) is 5.32 Å². The molecule has 0 saturated heterocycles. The first-order chi connectivity index (χ1) is 10.5. The highest BCUT2D eigenvalue weighted by atomic mass is 16.5. The van der Waals surface area contributed by atoms with Crippen LogP contribution in [0.2, 0.25) is 0 Å². The van der Waals surface area contributed by atoms with Gasteiger partial charge in [0.2, 0.25) is 0 Å². The van der Waals surface area contributed by atoms with E-state index in [9.17, 15) is 9.59 Å². The first-order valence-corrected chi connectivity index (χ1v) is 6.94. The number of aromatic nitrogens is 3. The van der Waals surface area contributed by atoms with Crippen molar-refractivity contribution in [1.29, 1.82) is 0 Å². The molecule has 0 aliphatic carbocycles. The standard InChI is InChI=1S/C15H18N4O3/c1-10(2)19-13(6-9-17-19)18-14(20)11(3)22-15(21)12-4-7-16-8-5-12/h4-11H,1-3H3,(H,18,20)/t11-/m0/s1. The summed E-state index contributed by atoms with van der Waals surface area (Å²) >= 11 is 0. The van der Waals surface area contributed by atoms with Crippen molar-refractivity contribution in [3.63, 3.8) is 0 Å². The highest BCUT2D eigenvalue weighted by molar-refractivity contribution is 5.96. The smallest absolute Gasteiger partial charge is 0.339 e. The quantitative estimate of drug-likeness (QED) is 0.854. The molecule has 2 rings (SSSR count). The number of nitrogens with zero attached hydrogens (tertiary/aromatic N) is 3. The summed E-state index contributed by atoms with van der Waals surface area (Å²) in [5.41, 5.74) is 0.349. The van der Waals surface area contributed by atoms with E-state index in [0.717, 1.165) is 0 Å². The van der Waals surface area contributed by atoms with Crippen LogP contribution in [0.15, 0.2) is 36.8 Å². The van der Waals surface area contributed by atoms with Gasteiger partial charge < -0.3 is 10.1 Å². The molecule has 7 heteroatoms. The second-order valence-corrected chi connectivity index (χ2v) is 5.03. The third-order valence-corrected chi connectivity index (χ3v) is 2.98. The Bertz CT molecular complexity index is 652. The van der Waals surface area contributed by atoms with Crippen LogP contribution in [0.3, 0.4) is 0 Å². The van der Waals surface area contributed by atoms with Gasteiger partial charge in [0.15, 0.2) is 6.10 Å². The summed E-state index contributed by atoms with van der Waals surface area (Å²) in [6, 6.07) is 4.86. The molecular formula is C15H18N4O3. The van der Waals surface area contributed by atoms with E-state index in [1.165, 1.54) is 31.5 Å². The number of esters is 1. The topological polar surface area (TPSA) is 86.1 Å². The lowest BCUT2D eigenvalue weighted by molar-refractivity contribution is -0.123. The van der Waals surface area contributed by atoms with E-state index in [0.29, 0.717) is 11.4 Å². The fourth-order valence-electron chi connectivity index (χ4n) is 1.82. The largest absolute Gasteiger partial charge is 0.449 e. The fraction of sp³-hybridized carbons (Fsp3) is 0.333. The number of anilines is 1. The van der Waals surface area contributed by atoms with Gasteiger partial charge >= 0.3 is 5.97 Å². The second kappa shape index (κ2) is 6.84. The highest BCUT2D eigenvalue weighted by Gasteiger charge is 2.20. The van der Waals surface area contributed by atoms with Crippen LogP contribution in [-0.2, 0) is 9.53 Å². The average Bonchev–Trinajstić information content (AvgIpc) is 2.96. The molecule has 0 aliphatic heterocycles. The second-order valence-electron chi connectivity index (χ2n) is 5.03. The zero-order chi connectivity index (χ0) is 16.1. The Balaban J connectivity index is 1.98. The molecule has 0 unspecified atom stereocenters. The first kappa shape index (κ1) is 15.7. The maximum absolute atomic E-state index is 12.1. The SMILES string of the molecule is CC(C)n1nccc1NC(=O)[C@H](C)OC(=O)c1ccncc1. The lowest BCUT2D eigenvalue weighted by Crippen LogP contribution is -2.31. The summed E-state index contributed by atoms with van der Waals surface area (Å²) in [6.07, 6.45) is 3.66. The Hall–Kier alpha value is -2.70. The molecule has 0 fully saturated rings. The summed E-state index contributed by atoms with van der Waals surface area (Å²) in [6.45, 7) is 5.43. The van der Waals surface area contributed by atoms with Crippen LogP contribution in [0.4, 0.5) is 5.82 Å². The Morgan fingerprint density at radius 1 is 1.14 bits per heavy atom. The van der Waals surface area contributed by atoms with Gasteiger partial charge in [-0.1, -0.05) is 0 Å². The van der Waals surface area contributed by atoms with Crippen LogP contribution in [0.5, 0.6) is 0 Å². The zero-order valence-corrected chi connectivity index (χ0v) is 12.7. The summed E-state index contributed by atoms with van der Waals surface area (Å²) in [4.78, 5) is 27.8. The van der Waals surface area contributed by atoms with Gasteiger partial charge in [-0.05, 0) is 32.9 Å². The van der Waals surface area contributed by atoms with Crippen LogP contribution in [0.1, 0.15) is 37.2 Å². The Kier molecular flexibility index (Phi) is 4.88. The number of pyridine rings is 1. The lowest BCUT2D eigenvalue weighted by atomic mass is 10.3. The van der Waals surface area contributed by atoms with Gasteiger partial charge in [-0.2, -0.15) is 5.10 Å². The lowest BCUT2D eigenvalue weighted by Gasteiger charge is -2.15. The summed E-state index contributed by atoms with van der Waals surface area (Å²) in [7, 11) is 0. The molecule has 2 aromatic heterocycles. The molecule has 0 aromatic carbocycles. The minimum atomic E-state index is -0.920. The van der Waals surface area contributed by atoms with Crippen molar-refractivity contribution >= 4 is 17.7 Å². The number of amides is 1. The molecule has 0 bridgehead atoms. The number of carbonyl (C=O) groups excluding carboxylic acids is 2. The normalized spacial score (nSPS) is 12.0. The van der Waals surface area contributed by atoms with Crippen molar-refractivity contribution in [3.8, 4) is 0 Å². The number of rotatable bonds is 5. The van der Waals surface area contributed by atoms with Gasteiger partial charge in [-0.15, -0.1) is 0 Å². The number of nitrogens with one attached hydrogen (secondary N) is 1. The van der Waals surface area contributed by atoms with E-state index in [1.54, 1.807) is 16.9 Å². The third-order valence-electron chi connectivity index (χ3n) is 2.98. The van der Waals surface area contributed by atoms with Gasteiger partial charge in [0.1, 0.15) is 5.82 Å². The zero-order valence-electron chi connectivity index (χ0n) is 12.7. The molecule has 0 saturated carbocycles. The summed E-state index contributed by atoms with van der Waals surface area (Å²) < 4.78 is 6.81. The van der Waals surface area contributed by atoms with Crippen molar-refractivity contribution in [2.24, 2.45) is 0 Å². The maximum Gasteiger partial charge on any atom is 0.339 e. The Labute approximate surface area is 128 Å². The molecule has 0 radical (unpaired) electrons. The third kappa shape index (κ3) is 3.69. The van der Waals surface area contributed by atoms with Gasteiger partial charge in [0.25, 0.3) is 5.91 Å². The minimum Gasteiger partial charge on any atom is -0.449 e. The van der Waals surface area contributed by atoms with Crippen LogP contribution in [0, 0.1) is 0 Å². The molecule has 2 aromatic rings. The van der Waals surface area contributed by atoms with Crippen molar-refractivity contribution in [2.45, 2.75) is 32.9 Å². The molecule has 0 spiro atoms. The highest BCUT2D eigenvalue weighted by Crippen LogP contribution is 2.14. The van der Waals surface area contributed by atoms with E-state index < -0.39 is 18.0 Å². The number of hydrogen-bond acceptors (Lipinski definition) is 5. The van der Waals surface area contributed by atoms with Crippen LogP contribution in [0.25, 0.3) is 0 Å². The van der Waals surface area contributed by atoms with Crippen molar-refractivity contribution in [3.05, 3.63) is 42.4 Å². The van der Waals surface area contributed by atoms with E-state index >= 15 is 0 Å². The van der Waals surface area contributed by atoms with Gasteiger partial charge in [0, 0.05) is 24.5 Å². The molecule has 1 amide bonds. The van der Waals surface area contributed by atoms with Gasteiger partial charge in [0.05, 0.1) is 11.8 Å². The van der Waals surface area contributed by atoms with Crippen LogP contribution in [-0.4, -0.2) is 32.7 Å². The molecular weight excluding hydrogens is 284 g/mol. The molecule has 1 atom stereocenters. The molecule has 2 heterocycles. The summed E-state index contributed by atoms with van der Waals surface area (Å²) in [5, 5.41) is 6.82. The predicted octanol–water partition coefficient (Wildman–Crippen LogP) is 2.04. The van der Waals surface area contributed by atoms with E-state index in [-0.39, 0.29) is 6.04 Å². The van der Waals surface area contributed by atoms with E-state index in [2.05, 4.69) is 15.4 Å². The molecule has 22 heavy (non-hydrogen) atoms. The van der Waals surface area contributed by atoms with Crippen molar-refractivity contribution in [1.82, 2.24) is 14.8 Å². The molecule has 116 valence electrons. The summed E-state index contributed by atoms with van der Waals surface area (Å²) in [5.74, 6) is -0.418. The van der Waals surface area contributed by atoms with Crippen molar-refractivity contribution < 1.29 is 14.3 Å². The maximum atomic E-state index is 12.1. The average molecular weight is 302 g/mol. The molecule has 0 aliphatic rings. The van der Waals surface area contributed by atoms with E-state index in [4.69, 9.17) is 4.74 Å². The molecule has 1 N–H and O–H groups in total. The number of carbonyl (C=O) groups is 2. The molecule has 7 nitrogen and oxygen atoms in total. The monoisotopic (exact) mass is 302 g/mol. The Morgan fingerprint density at radius 3 is 2.45 bits per heavy atom. The first-order valence-electron chi connectivity index (χ1n) is 6.94. The van der Waals surface area contributed by atoms with Crippen LogP contribution < -0.4 is 5.32 Å². The minimum absolute atomic E-state index is 0.111.